The number of nitrogens with one attached hydrogen (secondary N) is 1. The van der Waals surface area contributed by atoms with Crippen molar-refractivity contribution in [3.63, 3.8) is 0 Å². The number of carbonyl (C=O) groups excluding carboxylic acids is 1. The fourth-order valence-corrected chi connectivity index (χ4v) is 4.25. The van der Waals surface area contributed by atoms with E-state index < -0.39 is 0 Å². The van der Waals surface area contributed by atoms with Crippen molar-refractivity contribution in [1.82, 2.24) is 14.8 Å². The van der Waals surface area contributed by atoms with Gasteiger partial charge in [-0.3, -0.25) is 4.79 Å². The Kier molecular flexibility index (Phi) is 5.12. The molecule has 0 bridgehead atoms. The molecule has 2 aromatic rings. The van der Waals surface area contributed by atoms with Crippen LogP contribution in [-0.2, 0) is 4.79 Å². The quantitative estimate of drug-likeness (QED) is 0.480. The number of hydrogen-bond donors (Lipinski definition) is 1. The van der Waals surface area contributed by atoms with Crippen LogP contribution in [0.5, 0.6) is 0 Å². The predicted molar refractivity (Wildman–Crippen MR) is 106 cm³/mol. The summed E-state index contributed by atoms with van der Waals surface area (Å²) in [6.45, 7) is 1.84. The molecule has 2 aliphatic rings. The zero-order chi connectivity index (χ0) is 18.4. The second-order valence-electron chi connectivity index (χ2n) is 6.71. The fourth-order valence-electron chi connectivity index (χ4n) is 2.73. The number of anilines is 1. The van der Waals surface area contributed by atoms with E-state index >= 15 is 0 Å². The van der Waals surface area contributed by atoms with Crippen molar-refractivity contribution < 1.29 is 4.79 Å². The van der Waals surface area contributed by atoms with Gasteiger partial charge < -0.3 is 9.88 Å². The number of halogens is 3. The average Bonchev–Trinajstić information content (AvgIpc) is 3.51. The molecule has 0 spiro atoms. The van der Waals surface area contributed by atoms with Crippen LogP contribution in [0.1, 0.15) is 50.4 Å². The van der Waals surface area contributed by atoms with E-state index in [1.54, 1.807) is 6.07 Å². The summed E-state index contributed by atoms with van der Waals surface area (Å²) in [7, 11) is 0. The third kappa shape index (κ3) is 3.84. The molecule has 2 fully saturated rings. The molecule has 1 amide bonds. The van der Waals surface area contributed by atoms with Crippen LogP contribution in [0.4, 0.5) is 5.69 Å². The van der Waals surface area contributed by atoms with E-state index in [9.17, 15) is 4.79 Å². The van der Waals surface area contributed by atoms with Gasteiger partial charge in [0.05, 0.1) is 26.0 Å². The van der Waals surface area contributed by atoms with Gasteiger partial charge in [0.25, 0.3) is 0 Å². The smallest absolute Gasteiger partial charge is 0.237 e. The number of thioether (sulfide) groups is 1. The van der Waals surface area contributed by atoms with Gasteiger partial charge >= 0.3 is 0 Å². The number of rotatable bonds is 6. The SMILES string of the molecule is CC(Sc1nnc(C2CC2)n1C1CC1)C(=O)Nc1cc(Cl)c(Cl)cc1Cl. The van der Waals surface area contributed by atoms with Gasteiger partial charge in [0.2, 0.25) is 5.91 Å². The van der Waals surface area contributed by atoms with Gasteiger partial charge in [0.15, 0.2) is 5.16 Å². The highest BCUT2D eigenvalue weighted by atomic mass is 35.5. The standard InChI is InChI=1S/C17H17Cl3N4OS/c1-8(16(25)21-14-7-12(19)11(18)6-13(14)20)26-17-23-22-15(9-2-3-9)24(17)10-4-5-10/h6-10H,2-5H2,1H3,(H,21,25). The van der Waals surface area contributed by atoms with Gasteiger partial charge in [-0.15, -0.1) is 10.2 Å². The van der Waals surface area contributed by atoms with Crippen molar-refractivity contribution in [1.29, 1.82) is 0 Å². The fraction of sp³-hybridized carbons (Fsp3) is 0.471. The first-order valence-electron chi connectivity index (χ1n) is 8.51. The maximum atomic E-state index is 12.6. The van der Waals surface area contributed by atoms with Gasteiger partial charge in [-0.1, -0.05) is 46.6 Å². The molecule has 26 heavy (non-hydrogen) atoms. The van der Waals surface area contributed by atoms with Gasteiger partial charge in [-0.2, -0.15) is 0 Å². The van der Waals surface area contributed by atoms with E-state index in [0.29, 0.717) is 32.7 Å². The van der Waals surface area contributed by atoms with Crippen molar-refractivity contribution in [3.05, 3.63) is 33.0 Å². The lowest BCUT2D eigenvalue weighted by Crippen LogP contribution is -2.23. The second kappa shape index (κ2) is 7.23. The number of carbonyl (C=O) groups is 1. The molecule has 138 valence electrons. The van der Waals surface area contributed by atoms with E-state index in [4.69, 9.17) is 34.8 Å². The van der Waals surface area contributed by atoms with Crippen LogP contribution in [0.25, 0.3) is 0 Å². The molecule has 1 unspecified atom stereocenters. The predicted octanol–water partition coefficient (Wildman–Crippen LogP) is 5.57. The van der Waals surface area contributed by atoms with Crippen LogP contribution in [0.15, 0.2) is 17.3 Å². The van der Waals surface area contributed by atoms with Crippen molar-refractivity contribution in [2.75, 3.05) is 5.32 Å². The molecule has 0 saturated heterocycles. The molecule has 1 aromatic carbocycles. The minimum Gasteiger partial charge on any atom is -0.324 e. The number of amides is 1. The van der Waals surface area contributed by atoms with Crippen molar-refractivity contribution >= 4 is 58.2 Å². The van der Waals surface area contributed by atoms with Crippen LogP contribution >= 0.6 is 46.6 Å². The highest BCUT2D eigenvalue weighted by molar-refractivity contribution is 8.00. The molecule has 4 rings (SSSR count). The Balaban J connectivity index is 1.47. The summed E-state index contributed by atoms with van der Waals surface area (Å²) in [5, 5.41) is 13.0. The molecule has 1 atom stereocenters. The normalized spacial score (nSPS) is 18.0. The number of benzene rings is 1. The van der Waals surface area contributed by atoms with E-state index in [0.717, 1.165) is 23.8 Å². The van der Waals surface area contributed by atoms with Gasteiger partial charge in [0, 0.05) is 12.0 Å². The molecule has 0 radical (unpaired) electrons. The average molecular weight is 432 g/mol. The number of hydrogen-bond acceptors (Lipinski definition) is 4. The lowest BCUT2D eigenvalue weighted by molar-refractivity contribution is -0.115. The summed E-state index contributed by atoms with van der Waals surface area (Å²) >= 11 is 19.5. The van der Waals surface area contributed by atoms with E-state index in [1.807, 2.05) is 6.92 Å². The molecular weight excluding hydrogens is 415 g/mol. The molecule has 1 heterocycles. The molecule has 1 N–H and O–H groups in total. The monoisotopic (exact) mass is 430 g/mol. The first-order valence-corrected chi connectivity index (χ1v) is 10.5. The first kappa shape index (κ1) is 18.4. The Morgan fingerprint density at radius 2 is 1.85 bits per heavy atom. The molecule has 2 aliphatic carbocycles. The van der Waals surface area contributed by atoms with Crippen LogP contribution in [-0.4, -0.2) is 25.9 Å². The Morgan fingerprint density at radius 3 is 2.50 bits per heavy atom. The van der Waals surface area contributed by atoms with Crippen molar-refractivity contribution in [3.8, 4) is 0 Å². The lowest BCUT2D eigenvalue weighted by atomic mass is 10.3. The Morgan fingerprint density at radius 1 is 1.15 bits per heavy atom. The van der Waals surface area contributed by atoms with Crippen molar-refractivity contribution in [2.24, 2.45) is 0 Å². The zero-order valence-electron chi connectivity index (χ0n) is 14.0. The van der Waals surface area contributed by atoms with E-state index in [-0.39, 0.29) is 11.2 Å². The maximum Gasteiger partial charge on any atom is 0.237 e. The third-order valence-electron chi connectivity index (χ3n) is 4.46. The molecule has 0 aliphatic heterocycles. The summed E-state index contributed by atoms with van der Waals surface area (Å²) in [5.41, 5.74) is 0.445. The topological polar surface area (TPSA) is 59.8 Å². The minimum atomic E-state index is -0.353. The second-order valence-corrected chi connectivity index (χ2v) is 9.24. The highest BCUT2D eigenvalue weighted by Gasteiger charge is 2.37. The summed E-state index contributed by atoms with van der Waals surface area (Å²) in [6, 6.07) is 3.56. The summed E-state index contributed by atoms with van der Waals surface area (Å²) in [4.78, 5) is 12.6. The Hall–Kier alpha value is -0.950. The summed E-state index contributed by atoms with van der Waals surface area (Å²) < 4.78 is 2.23. The molecule has 9 heteroatoms. The summed E-state index contributed by atoms with van der Waals surface area (Å²) in [6.07, 6.45) is 4.68. The van der Waals surface area contributed by atoms with Crippen LogP contribution in [0.2, 0.25) is 15.1 Å². The van der Waals surface area contributed by atoms with Crippen molar-refractivity contribution in [2.45, 2.75) is 55.0 Å². The zero-order valence-corrected chi connectivity index (χ0v) is 17.1. The highest BCUT2D eigenvalue weighted by Crippen LogP contribution is 2.46. The number of nitrogens with zero attached hydrogens (tertiary/aromatic N) is 3. The largest absolute Gasteiger partial charge is 0.324 e. The Bertz CT molecular complexity index is 864. The van der Waals surface area contributed by atoms with E-state index in [1.165, 1.54) is 30.7 Å². The van der Waals surface area contributed by atoms with Crippen LogP contribution in [0.3, 0.4) is 0 Å². The molecule has 5 nitrogen and oxygen atoms in total. The van der Waals surface area contributed by atoms with Crippen LogP contribution < -0.4 is 5.32 Å². The van der Waals surface area contributed by atoms with E-state index in [2.05, 4.69) is 20.1 Å². The van der Waals surface area contributed by atoms with Gasteiger partial charge in [-0.25, -0.2) is 0 Å². The van der Waals surface area contributed by atoms with Gasteiger partial charge in [-0.05, 0) is 44.7 Å². The molecule has 1 aromatic heterocycles. The summed E-state index contributed by atoms with van der Waals surface area (Å²) in [5.74, 6) is 1.44. The maximum absolute atomic E-state index is 12.6. The first-order chi connectivity index (χ1) is 12.4. The van der Waals surface area contributed by atoms with Gasteiger partial charge in [0.1, 0.15) is 5.82 Å². The van der Waals surface area contributed by atoms with Crippen LogP contribution in [0, 0.1) is 0 Å². The molecule has 2 saturated carbocycles. The minimum absolute atomic E-state index is 0.173. The lowest BCUT2D eigenvalue weighted by Gasteiger charge is -2.14. The number of aromatic nitrogens is 3. The third-order valence-corrected chi connectivity index (χ3v) is 6.56. The molecular formula is C17H17Cl3N4OS. The Labute approximate surface area is 170 Å².